The van der Waals surface area contributed by atoms with Gasteiger partial charge in [-0.05, 0) is 26.2 Å². The van der Waals surface area contributed by atoms with Gasteiger partial charge in [-0.15, -0.1) is 0 Å². The second-order valence-corrected chi connectivity index (χ2v) is 5.03. The van der Waals surface area contributed by atoms with Crippen LogP contribution in [0.25, 0.3) is 0 Å². The maximum atomic E-state index is 9.39. The minimum absolute atomic E-state index is 0.145. The molecule has 2 rings (SSSR count). The summed E-state index contributed by atoms with van der Waals surface area (Å²) >= 11 is 0. The van der Waals surface area contributed by atoms with Crippen molar-refractivity contribution in [2.24, 2.45) is 0 Å². The predicted octanol–water partition coefficient (Wildman–Crippen LogP) is 1.72. The van der Waals surface area contributed by atoms with Crippen molar-refractivity contribution in [1.82, 2.24) is 9.97 Å². The van der Waals surface area contributed by atoms with E-state index in [1.54, 1.807) is 0 Å². The van der Waals surface area contributed by atoms with E-state index in [0.717, 1.165) is 48.7 Å². The molecule has 0 amide bonds. The lowest BCUT2D eigenvalue weighted by Gasteiger charge is -2.19. The Morgan fingerprint density at radius 3 is 2.44 bits per heavy atom. The highest BCUT2D eigenvalue weighted by Crippen LogP contribution is 2.39. The van der Waals surface area contributed by atoms with E-state index >= 15 is 0 Å². The lowest BCUT2D eigenvalue weighted by molar-refractivity contribution is 0.266. The van der Waals surface area contributed by atoms with Crippen LogP contribution in [0, 0.1) is 6.92 Å². The van der Waals surface area contributed by atoms with Crippen molar-refractivity contribution in [3.8, 4) is 0 Å². The average Bonchev–Trinajstić information content (AvgIpc) is 3.14. The molecule has 0 unspecified atom stereocenters. The Balaban J connectivity index is 2.29. The van der Waals surface area contributed by atoms with Gasteiger partial charge >= 0.3 is 0 Å². The normalized spacial score (nSPS) is 16.4. The van der Waals surface area contributed by atoms with Gasteiger partial charge in [-0.3, -0.25) is 0 Å². The highest BCUT2D eigenvalue weighted by atomic mass is 16.3. The summed E-state index contributed by atoms with van der Waals surface area (Å²) in [7, 11) is 1.87. The number of hydrogen-bond donors (Lipinski definition) is 3. The summed E-state index contributed by atoms with van der Waals surface area (Å²) in [5.74, 6) is 2.57. The Labute approximate surface area is 108 Å². The first-order chi connectivity index (χ1) is 8.64. The van der Waals surface area contributed by atoms with Gasteiger partial charge in [-0.25, -0.2) is 9.97 Å². The third-order valence-corrected chi connectivity index (χ3v) is 3.44. The quantitative estimate of drug-likeness (QED) is 0.717. The van der Waals surface area contributed by atoms with Crippen molar-refractivity contribution in [1.29, 1.82) is 0 Å². The number of aryl methyl sites for hydroxylation is 1. The fourth-order valence-electron chi connectivity index (χ4n) is 1.99. The zero-order valence-corrected chi connectivity index (χ0v) is 11.4. The first-order valence-electron chi connectivity index (χ1n) is 6.58. The lowest BCUT2D eigenvalue weighted by atomic mass is 10.2. The molecule has 1 aliphatic rings. The van der Waals surface area contributed by atoms with Crippen LogP contribution in [0.2, 0.25) is 0 Å². The van der Waals surface area contributed by atoms with Crippen LogP contribution in [0.5, 0.6) is 0 Å². The SMILES string of the molecule is CCCc1nc(NC)c(C)c(NC2(CO)CC2)n1. The summed E-state index contributed by atoms with van der Waals surface area (Å²) in [6, 6.07) is 0. The molecule has 0 aliphatic heterocycles. The highest BCUT2D eigenvalue weighted by Gasteiger charge is 2.42. The molecule has 1 saturated carbocycles. The van der Waals surface area contributed by atoms with Gasteiger partial charge in [0.25, 0.3) is 0 Å². The molecule has 0 bridgehead atoms. The molecule has 18 heavy (non-hydrogen) atoms. The average molecular weight is 250 g/mol. The van der Waals surface area contributed by atoms with Crippen molar-refractivity contribution in [2.45, 2.75) is 45.1 Å². The molecule has 0 saturated heterocycles. The number of aliphatic hydroxyl groups excluding tert-OH is 1. The van der Waals surface area contributed by atoms with Crippen molar-refractivity contribution in [3.63, 3.8) is 0 Å². The maximum Gasteiger partial charge on any atom is 0.135 e. The molecular formula is C13H22N4O. The van der Waals surface area contributed by atoms with Gasteiger partial charge in [0.2, 0.25) is 0 Å². The van der Waals surface area contributed by atoms with E-state index in [0.29, 0.717) is 0 Å². The first kappa shape index (κ1) is 13.1. The molecule has 100 valence electrons. The lowest BCUT2D eigenvalue weighted by Crippen LogP contribution is -2.27. The van der Waals surface area contributed by atoms with Crippen LogP contribution >= 0.6 is 0 Å². The zero-order chi connectivity index (χ0) is 13.2. The molecule has 5 heteroatoms. The Bertz CT molecular complexity index is 429. The molecular weight excluding hydrogens is 228 g/mol. The van der Waals surface area contributed by atoms with E-state index in [4.69, 9.17) is 0 Å². The Kier molecular flexibility index (Phi) is 3.71. The first-order valence-corrected chi connectivity index (χ1v) is 6.58. The summed E-state index contributed by atoms with van der Waals surface area (Å²) in [6.45, 7) is 4.28. The van der Waals surface area contributed by atoms with E-state index in [9.17, 15) is 5.11 Å². The predicted molar refractivity (Wildman–Crippen MR) is 73.0 cm³/mol. The number of nitrogens with one attached hydrogen (secondary N) is 2. The van der Waals surface area contributed by atoms with Crippen LogP contribution in [0.4, 0.5) is 11.6 Å². The third kappa shape index (κ3) is 2.56. The van der Waals surface area contributed by atoms with Crippen LogP contribution in [0.15, 0.2) is 0 Å². The van der Waals surface area contributed by atoms with Gasteiger partial charge in [-0.2, -0.15) is 0 Å². The molecule has 1 aliphatic carbocycles. The number of nitrogens with zero attached hydrogens (tertiary/aromatic N) is 2. The van der Waals surface area contributed by atoms with Crippen LogP contribution in [0.3, 0.4) is 0 Å². The standard InChI is InChI=1S/C13H22N4O/c1-4-5-10-15-11(14-3)9(2)12(16-10)17-13(8-18)6-7-13/h18H,4-8H2,1-3H3,(H2,14,15,16,17). The minimum atomic E-state index is -0.145. The van der Waals surface area contributed by atoms with Gasteiger partial charge in [0.15, 0.2) is 0 Å². The molecule has 1 fully saturated rings. The molecule has 3 N–H and O–H groups in total. The van der Waals surface area contributed by atoms with E-state index in [1.165, 1.54) is 0 Å². The largest absolute Gasteiger partial charge is 0.394 e. The molecule has 1 aromatic rings. The highest BCUT2D eigenvalue weighted by molar-refractivity contribution is 5.58. The number of aromatic nitrogens is 2. The number of anilines is 2. The monoisotopic (exact) mass is 250 g/mol. The van der Waals surface area contributed by atoms with Gasteiger partial charge in [0.05, 0.1) is 12.1 Å². The third-order valence-electron chi connectivity index (χ3n) is 3.44. The van der Waals surface area contributed by atoms with Crippen molar-refractivity contribution in [2.75, 3.05) is 24.3 Å². The van der Waals surface area contributed by atoms with E-state index in [-0.39, 0.29) is 12.1 Å². The minimum Gasteiger partial charge on any atom is -0.394 e. The number of rotatable bonds is 6. The molecule has 1 heterocycles. The fourth-order valence-corrected chi connectivity index (χ4v) is 1.99. The number of aliphatic hydroxyl groups is 1. The van der Waals surface area contributed by atoms with Crippen LogP contribution in [-0.4, -0.2) is 34.3 Å². The van der Waals surface area contributed by atoms with Crippen LogP contribution < -0.4 is 10.6 Å². The Morgan fingerprint density at radius 2 is 1.94 bits per heavy atom. The van der Waals surface area contributed by atoms with Gasteiger partial charge in [-0.1, -0.05) is 6.92 Å². The zero-order valence-electron chi connectivity index (χ0n) is 11.4. The topological polar surface area (TPSA) is 70.1 Å². The van der Waals surface area contributed by atoms with Crippen molar-refractivity contribution < 1.29 is 5.11 Å². The molecule has 0 spiro atoms. The van der Waals surface area contributed by atoms with E-state index in [1.807, 2.05) is 14.0 Å². The maximum absolute atomic E-state index is 9.39. The van der Waals surface area contributed by atoms with E-state index in [2.05, 4.69) is 27.5 Å². The van der Waals surface area contributed by atoms with Gasteiger partial charge in [0, 0.05) is 19.0 Å². The summed E-state index contributed by atoms with van der Waals surface area (Å²) in [4.78, 5) is 9.06. The molecule has 0 radical (unpaired) electrons. The van der Waals surface area contributed by atoms with Gasteiger partial charge in [0.1, 0.15) is 17.5 Å². The van der Waals surface area contributed by atoms with Crippen molar-refractivity contribution in [3.05, 3.63) is 11.4 Å². The fraction of sp³-hybridized carbons (Fsp3) is 0.692. The summed E-state index contributed by atoms with van der Waals surface area (Å²) in [6.07, 6.45) is 3.91. The van der Waals surface area contributed by atoms with Gasteiger partial charge < -0.3 is 15.7 Å². The summed E-state index contributed by atoms with van der Waals surface area (Å²) in [5, 5.41) is 15.9. The summed E-state index contributed by atoms with van der Waals surface area (Å²) < 4.78 is 0. The molecule has 5 nitrogen and oxygen atoms in total. The van der Waals surface area contributed by atoms with Crippen LogP contribution in [0.1, 0.15) is 37.6 Å². The van der Waals surface area contributed by atoms with Crippen LogP contribution in [-0.2, 0) is 6.42 Å². The Morgan fingerprint density at radius 1 is 1.28 bits per heavy atom. The van der Waals surface area contributed by atoms with Crippen molar-refractivity contribution >= 4 is 11.6 Å². The second-order valence-electron chi connectivity index (χ2n) is 5.03. The molecule has 0 atom stereocenters. The second kappa shape index (κ2) is 5.10. The molecule has 1 aromatic heterocycles. The van der Waals surface area contributed by atoms with E-state index < -0.39 is 0 Å². The molecule has 0 aromatic carbocycles. The summed E-state index contributed by atoms with van der Waals surface area (Å²) in [5.41, 5.74) is 0.866. The Hall–Kier alpha value is -1.36. The number of hydrogen-bond acceptors (Lipinski definition) is 5. The smallest absolute Gasteiger partial charge is 0.135 e.